The second kappa shape index (κ2) is 7.56. The molecule has 2 heterocycles. The average Bonchev–Trinajstić information content (AvgIpc) is 2.38. The van der Waals surface area contributed by atoms with Gasteiger partial charge in [-0.2, -0.15) is 0 Å². The van der Waals surface area contributed by atoms with Crippen molar-refractivity contribution in [3.8, 4) is 0 Å². The molecule has 1 atom stereocenters. The fourth-order valence-electron chi connectivity index (χ4n) is 1.99. The number of pyridine rings is 1. The van der Waals surface area contributed by atoms with Gasteiger partial charge in [-0.25, -0.2) is 4.98 Å². The van der Waals surface area contributed by atoms with E-state index in [9.17, 15) is 4.79 Å². The minimum Gasteiger partial charge on any atom is -0.352 e. The topological polar surface area (TPSA) is 54.0 Å². The van der Waals surface area contributed by atoms with E-state index in [4.69, 9.17) is 11.6 Å². The number of hydrogen-bond acceptors (Lipinski definition) is 3. The zero-order chi connectivity index (χ0) is 12.1. The van der Waals surface area contributed by atoms with E-state index in [0.29, 0.717) is 18.0 Å². The Labute approximate surface area is 118 Å². The first-order valence-corrected chi connectivity index (χ1v) is 6.24. The third kappa shape index (κ3) is 4.12. The maximum absolute atomic E-state index is 11.9. The standard InChI is InChI=1S/C12H16ClN3O.ClH/c13-11-10(4-2-6-15-11)12(17)16-8-9-3-1-5-14-7-9;/h2,4,6,9,14H,1,3,5,7-8H2,(H,16,17);1H. The van der Waals surface area contributed by atoms with Crippen LogP contribution in [0.5, 0.6) is 0 Å². The second-order valence-electron chi connectivity index (χ2n) is 4.26. The number of hydrogen-bond donors (Lipinski definition) is 2. The first kappa shape index (κ1) is 15.2. The molecule has 1 aromatic heterocycles. The SMILES string of the molecule is Cl.O=C(NCC1CCCNC1)c1cccnc1Cl. The smallest absolute Gasteiger partial charge is 0.254 e. The molecule has 18 heavy (non-hydrogen) atoms. The number of halogens is 2. The lowest BCUT2D eigenvalue weighted by Crippen LogP contribution is -2.38. The van der Waals surface area contributed by atoms with Gasteiger partial charge in [-0.1, -0.05) is 11.6 Å². The third-order valence-electron chi connectivity index (χ3n) is 2.95. The molecule has 1 unspecified atom stereocenters. The molecule has 0 bridgehead atoms. The highest BCUT2D eigenvalue weighted by Gasteiger charge is 2.15. The van der Waals surface area contributed by atoms with Crippen LogP contribution in [0, 0.1) is 5.92 Å². The van der Waals surface area contributed by atoms with Crippen LogP contribution in [0.3, 0.4) is 0 Å². The van der Waals surface area contributed by atoms with Crippen molar-refractivity contribution in [3.63, 3.8) is 0 Å². The molecular formula is C12H17Cl2N3O. The molecule has 1 aliphatic heterocycles. The van der Waals surface area contributed by atoms with Crippen LogP contribution in [0.1, 0.15) is 23.2 Å². The summed E-state index contributed by atoms with van der Waals surface area (Å²) in [7, 11) is 0. The lowest BCUT2D eigenvalue weighted by Gasteiger charge is -2.22. The Bertz CT molecular complexity index is 395. The molecule has 2 rings (SSSR count). The molecule has 6 heteroatoms. The fourth-order valence-corrected chi connectivity index (χ4v) is 2.19. The van der Waals surface area contributed by atoms with Gasteiger partial charge in [-0.3, -0.25) is 4.79 Å². The van der Waals surface area contributed by atoms with Crippen molar-refractivity contribution in [2.24, 2.45) is 5.92 Å². The molecule has 0 aromatic carbocycles. The largest absolute Gasteiger partial charge is 0.352 e. The fraction of sp³-hybridized carbons (Fsp3) is 0.500. The molecule has 0 spiro atoms. The van der Waals surface area contributed by atoms with Crippen LogP contribution in [0.15, 0.2) is 18.3 Å². The first-order valence-electron chi connectivity index (χ1n) is 5.87. The van der Waals surface area contributed by atoms with Gasteiger partial charge in [0.1, 0.15) is 5.15 Å². The van der Waals surface area contributed by atoms with Gasteiger partial charge in [-0.05, 0) is 44.0 Å². The zero-order valence-electron chi connectivity index (χ0n) is 9.99. The van der Waals surface area contributed by atoms with Crippen molar-refractivity contribution >= 4 is 29.9 Å². The molecule has 1 aliphatic rings. The van der Waals surface area contributed by atoms with Crippen LogP contribution in [-0.4, -0.2) is 30.5 Å². The second-order valence-corrected chi connectivity index (χ2v) is 4.62. The first-order chi connectivity index (χ1) is 8.27. The maximum Gasteiger partial charge on any atom is 0.254 e. The van der Waals surface area contributed by atoms with Crippen molar-refractivity contribution in [2.45, 2.75) is 12.8 Å². The van der Waals surface area contributed by atoms with Crippen LogP contribution in [-0.2, 0) is 0 Å². The Hall–Kier alpha value is -0.840. The van der Waals surface area contributed by atoms with Crippen molar-refractivity contribution in [3.05, 3.63) is 29.0 Å². The van der Waals surface area contributed by atoms with E-state index in [1.165, 1.54) is 6.42 Å². The molecule has 1 fully saturated rings. The van der Waals surface area contributed by atoms with Gasteiger partial charge in [0, 0.05) is 12.7 Å². The Morgan fingerprint density at radius 1 is 1.61 bits per heavy atom. The monoisotopic (exact) mass is 289 g/mol. The molecule has 1 amide bonds. The summed E-state index contributed by atoms with van der Waals surface area (Å²) < 4.78 is 0. The molecule has 100 valence electrons. The Morgan fingerprint density at radius 3 is 3.11 bits per heavy atom. The van der Waals surface area contributed by atoms with Gasteiger partial charge in [0.15, 0.2) is 0 Å². The number of nitrogens with zero attached hydrogens (tertiary/aromatic N) is 1. The quantitative estimate of drug-likeness (QED) is 0.836. The summed E-state index contributed by atoms with van der Waals surface area (Å²) in [4.78, 5) is 15.7. The minimum atomic E-state index is -0.145. The summed E-state index contributed by atoms with van der Waals surface area (Å²) in [5.74, 6) is 0.372. The Morgan fingerprint density at radius 2 is 2.44 bits per heavy atom. The molecule has 4 nitrogen and oxygen atoms in total. The lowest BCUT2D eigenvalue weighted by molar-refractivity contribution is 0.0944. The number of aromatic nitrogens is 1. The van der Waals surface area contributed by atoms with Gasteiger partial charge in [0.2, 0.25) is 0 Å². The summed E-state index contributed by atoms with van der Waals surface area (Å²) in [6.07, 6.45) is 3.91. The predicted octanol–water partition coefficient (Wildman–Crippen LogP) is 1.89. The highest BCUT2D eigenvalue weighted by Crippen LogP contribution is 2.12. The van der Waals surface area contributed by atoms with E-state index in [1.807, 2.05) is 0 Å². The maximum atomic E-state index is 11.9. The Balaban J connectivity index is 0.00000162. The molecule has 2 N–H and O–H groups in total. The molecule has 1 aromatic rings. The van der Waals surface area contributed by atoms with Crippen LogP contribution < -0.4 is 10.6 Å². The van der Waals surface area contributed by atoms with Crippen LogP contribution >= 0.6 is 24.0 Å². The third-order valence-corrected chi connectivity index (χ3v) is 3.26. The average molecular weight is 290 g/mol. The summed E-state index contributed by atoms with van der Waals surface area (Å²) in [5.41, 5.74) is 0.443. The normalized spacial score (nSPS) is 18.8. The van der Waals surface area contributed by atoms with E-state index < -0.39 is 0 Å². The number of rotatable bonds is 3. The number of amides is 1. The van der Waals surface area contributed by atoms with E-state index in [-0.39, 0.29) is 23.5 Å². The lowest BCUT2D eigenvalue weighted by atomic mass is 10.00. The molecule has 0 aliphatic carbocycles. The van der Waals surface area contributed by atoms with Crippen molar-refractivity contribution in [1.82, 2.24) is 15.6 Å². The number of nitrogens with one attached hydrogen (secondary N) is 2. The molecular weight excluding hydrogens is 273 g/mol. The number of piperidine rings is 1. The van der Waals surface area contributed by atoms with Crippen molar-refractivity contribution < 1.29 is 4.79 Å². The van der Waals surface area contributed by atoms with E-state index in [0.717, 1.165) is 19.5 Å². The van der Waals surface area contributed by atoms with E-state index >= 15 is 0 Å². The molecule has 0 radical (unpaired) electrons. The zero-order valence-corrected chi connectivity index (χ0v) is 11.6. The van der Waals surface area contributed by atoms with Crippen molar-refractivity contribution in [2.75, 3.05) is 19.6 Å². The molecule has 1 saturated heterocycles. The summed E-state index contributed by atoms with van der Waals surface area (Å²) in [5, 5.41) is 6.48. The highest BCUT2D eigenvalue weighted by molar-refractivity contribution is 6.32. The van der Waals surface area contributed by atoms with Crippen molar-refractivity contribution in [1.29, 1.82) is 0 Å². The van der Waals surface area contributed by atoms with Gasteiger partial charge in [-0.15, -0.1) is 12.4 Å². The Kier molecular flexibility index (Phi) is 6.39. The van der Waals surface area contributed by atoms with Crippen LogP contribution in [0.2, 0.25) is 5.15 Å². The van der Waals surface area contributed by atoms with Crippen LogP contribution in [0.4, 0.5) is 0 Å². The summed E-state index contributed by atoms with van der Waals surface area (Å²) in [6.45, 7) is 2.75. The van der Waals surface area contributed by atoms with E-state index in [1.54, 1.807) is 18.3 Å². The van der Waals surface area contributed by atoms with Crippen LogP contribution in [0.25, 0.3) is 0 Å². The van der Waals surface area contributed by atoms with Gasteiger partial charge in [0.25, 0.3) is 5.91 Å². The number of carbonyl (C=O) groups excluding carboxylic acids is 1. The van der Waals surface area contributed by atoms with Gasteiger partial charge < -0.3 is 10.6 Å². The highest BCUT2D eigenvalue weighted by atomic mass is 35.5. The number of carbonyl (C=O) groups is 1. The summed E-state index contributed by atoms with van der Waals surface area (Å²) in [6, 6.07) is 3.40. The molecule has 0 saturated carbocycles. The minimum absolute atomic E-state index is 0. The van der Waals surface area contributed by atoms with Gasteiger partial charge >= 0.3 is 0 Å². The van der Waals surface area contributed by atoms with E-state index in [2.05, 4.69) is 15.6 Å². The summed E-state index contributed by atoms with van der Waals surface area (Å²) >= 11 is 5.86. The van der Waals surface area contributed by atoms with Gasteiger partial charge in [0.05, 0.1) is 5.56 Å². The predicted molar refractivity (Wildman–Crippen MR) is 74.4 cm³/mol.